The lowest BCUT2D eigenvalue weighted by Gasteiger charge is -2.10. The number of nitrogens with zero attached hydrogens (tertiary/aromatic N) is 2. The zero-order chi connectivity index (χ0) is 13.7. The molecule has 2 aromatic rings. The van der Waals surface area contributed by atoms with Gasteiger partial charge in [0.05, 0.1) is 12.5 Å². The number of rotatable bonds is 6. The SMILES string of the molecule is CCNC(CC)c1nnc(Cc2cccc(F)c2)o1. The highest BCUT2D eigenvalue weighted by molar-refractivity contribution is 5.19. The van der Waals surface area contributed by atoms with E-state index in [1.165, 1.54) is 12.1 Å². The summed E-state index contributed by atoms with van der Waals surface area (Å²) in [5.74, 6) is 0.851. The molecule has 0 fully saturated rings. The van der Waals surface area contributed by atoms with Crippen LogP contribution in [0.15, 0.2) is 28.7 Å². The van der Waals surface area contributed by atoms with Crippen LogP contribution in [0.5, 0.6) is 0 Å². The molecule has 0 aliphatic rings. The van der Waals surface area contributed by atoms with Gasteiger partial charge < -0.3 is 9.73 Å². The second-order valence-corrected chi connectivity index (χ2v) is 4.36. The van der Waals surface area contributed by atoms with E-state index in [1.807, 2.05) is 13.0 Å². The average molecular weight is 263 g/mol. The Morgan fingerprint density at radius 2 is 2.16 bits per heavy atom. The molecule has 0 aliphatic carbocycles. The van der Waals surface area contributed by atoms with Crippen LogP contribution in [0.2, 0.25) is 0 Å². The van der Waals surface area contributed by atoms with Gasteiger partial charge in [-0.25, -0.2) is 4.39 Å². The summed E-state index contributed by atoms with van der Waals surface area (Å²) in [7, 11) is 0. The van der Waals surface area contributed by atoms with E-state index in [0.717, 1.165) is 18.5 Å². The molecule has 0 amide bonds. The molecule has 1 aromatic carbocycles. The maximum Gasteiger partial charge on any atom is 0.233 e. The number of benzene rings is 1. The molecule has 1 heterocycles. The molecular weight excluding hydrogens is 245 g/mol. The van der Waals surface area contributed by atoms with Gasteiger partial charge in [0.2, 0.25) is 11.8 Å². The largest absolute Gasteiger partial charge is 0.423 e. The second-order valence-electron chi connectivity index (χ2n) is 4.36. The molecule has 0 radical (unpaired) electrons. The van der Waals surface area contributed by atoms with Crippen molar-refractivity contribution < 1.29 is 8.81 Å². The Kier molecular flexibility index (Phi) is 4.63. The minimum Gasteiger partial charge on any atom is -0.423 e. The van der Waals surface area contributed by atoms with Crippen LogP contribution < -0.4 is 5.32 Å². The van der Waals surface area contributed by atoms with Crippen LogP contribution >= 0.6 is 0 Å². The fraction of sp³-hybridized carbons (Fsp3) is 0.429. The lowest BCUT2D eigenvalue weighted by atomic mass is 10.1. The van der Waals surface area contributed by atoms with Crippen molar-refractivity contribution in [3.63, 3.8) is 0 Å². The second kappa shape index (κ2) is 6.43. The topological polar surface area (TPSA) is 51.0 Å². The van der Waals surface area contributed by atoms with Crippen LogP contribution in [0.1, 0.15) is 43.7 Å². The fourth-order valence-electron chi connectivity index (χ4n) is 1.95. The highest BCUT2D eigenvalue weighted by Crippen LogP contribution is 2.16. The highest BCUT2D eigenvalue weighted by Gasteiger charge is 2.15. The molecular formula is C14H18FN3O. The minimum absolute atomic E-state index is 0.0822. The molecule has 1 N–H and O–H groups in total. The Bertz CT molecular complexity index is 527. The number of aromatic nitrogens is 2. The Labute approximate surface area is 112 Å². The van der Waals surface area contributed by atoms with Gasteiger partial charge in [0.25, 0.3) is 0 Å². The van der Waals surface area contributed by atoms with Crippen LogP contribution in [-0.2, 0) is 6.42 Å². The highest BCUT2D eigenvalue weighted by atomic mass is 19.1. The van der Waals surface area contributed by atoms with Crippen molar-refractivity contribution in [3.8, 4) is 0 Å². The van der Waals surface area contributed by atoms with E-state index in [-0.39, 0.29) is 11.9 Å². The van der Waals surface area contributed by atoms with Crippen molar-refractivity contribution in [2.24, 2.45) is 0 Å². The third-order valence-corrected chi connectivity index (χ3v) is 2.88. The summed E-state index contributed by atoms with van der Waals surface area (Å²) >= 11 is 0. The first-order valence-corrected chi connectivity index (χ1v) is 6.53. The number of nitrogens with one attached hydrogen (secondary N) is 1. The van der Waals surface area contributed by atoms with Crippen molar-refractivity contribution in [2.45, 2.75) is 32.7 Å². The lowest BCUT2D eigenvalue weighted by molar-refractivity contribution is 0.380. The van der Waals surface area contributed by atoms with Gasteiger partial charge >= 0.3 is 0 Å². The Balaban J connectivity index is 2.08. The molecule has 102 valence electrons. The average Bonchev–Trinajstić information content (AvgIpc) is 2.84. The predicted octanol–water partition coefficient (Wildman–Crippen LogP) is 2.86. The van der Waals surface area contributed by atoms with Crippen LogP contribution in [0.4, 0.5) is 4.39 Å². The molecule has 1 unspecified atom stereocenters. The van der Waals surface area contributed by atoms with Crippen molar-refractivity contribution >= 4 is 0 Å². The molecule has 0 aliphatic heterocycles. The molecule has 1 atom stereocenters. The summed E-state index contributed by atoms with van der Waals surface area (Å²) in [6, 6.07) is 6.50. The summed E-state index contributed by atoms with van der Waals surface area (Å²) in [6.07, 6.45) is 1.34. The monoisotopic (exact) mass is 263 g/mol. The maximum absolute atomic E-state index is 13.1. The quantitative estimate of drug-likeness (QED) is 0.870. The van der Waals surface area contributed by atoms with Gasteiger partial charge in [-0.2, -0.15) is 0 Å². The van der Waals surface area contributed by atoms with E-state index < -0.39 is 0 Å². The smallest absolute Gasteiger partial charge is 0.233 e. The molecule has 0 saturated heterocycles. The van der Waals surface area contributed by atoms with Gasteiger partial charge in [0.15, 0.2) is 0 Å². The molecule has 1 aromatic heterocycles. The first-order valence-electron chi connectivity index (χ1n) is 6.53. The Hall–Kier alpha value is -1.75. The fourth-order valence-corrected chi connectivity index (χ4v) is 1.95. The Morgan fingerprint density at radius 3 is 2.84 bits per heavy atom. The van der Waals surface area contributed by atoms with Gasteiger partial charge in [-0.05, 0) is 30.7 Å². The first-order chi connectivity index (χ1) is 9.22. The summed E-state index contributed by atoms with van der Waals surface area (Å²) < 4.78 is 18.7. The summed E-state index contributed by atoms with van der Waals surface area (Å²) in [4.78, 5) is 0. The lowest BCUT2D eigenvalue weighted by Crippen LogP contribution is -2.20. The standard InChI is InChI=1S/C14H18FN3O/c1-3-12(16-4-2)14-18-17-13(19-14)9-10-6-5-7-11(15)8-10/h5-8,12,16H,3-4,9H2,1-2H3. The molecule has 19 heavy (non-hydrogen) atoms. The van der Waals surface area contributed by atoms with Crippen LogP contribution in [0.25, 0.3) is 0 Å². The van der Waals surface area contributed by atoms with E-state index in [9.17, 15) is 4.39 Å². The van der Waals surface area contributed by atoms with E-state index >= 15 is 0 Å². The zero-order valence-electron chi connectivity index (χ0n) is 11.2. The minimum atomic E-state index is -0.253. The normalized spacial score (nSPS) is 12.6. The van der Waals surface area contributed by atoms with Crippen LogP contribution in [0, 0.1) is 5.82 Å². The maximum atomic E-state index is 13.1. The molecule has 0 spiro atoms. The van der Waals surface area contributed by atoms with Crippen LogP contribution in [0.3, 0.4) is 0 Å². The number of hydrogen-bond acceptors (Lipinski definition) is 4. The molecule has 0 saturated carbocycles. The number of halogens is 1. The van der Waals surface area contributed by atoms with E-state index in [4.69, 9.17) is 4.42 Å². The molecule has 2 rings (SSSR count). The van der Waals surface area contributed by atoms with Crippen molar-refractivity contribution in [1.29, 1.82) is 0 Å². The van der Waals surface area contributed by atoms with Gasteiger partial charge in [0.1, 0.15) is 5.82 Å². The molecule has 5 heteroatoms. The van der Waals surface area contributed by atoms with E-state index in [1.54, 1.807) is 6.07 Å². The summed E-state index contributed by atoms with van der Waals surface area (Å²) in [5, 5.41) is 11.3. The van der Waals surface area contributed by atoms with E-state index in [0.29, 0.717) is 18.2 Å². The zero-order valence-corrected chi connectivity index (χ0v) is 11.2. The van der Waals surface area contributed by atoms with Gasteiger partial charge in [-0.15, -0.1) is 10.2 Å². The predicted molar refractivity (Wildman–Crippen MR) is 70.2 cm³/mol. The molecule has 4 nitrogen and oxygen atoms in total. The van der Waals surface area contributed by atoms with Gasteiger partial charge in [-0.3, -0.25) is 0 Å². The van der Waals surface area contributed by atoms with Crippen LogP contribution in [-0.4, -0.2) is 16.7 Å². The molecule has 0 bridgehead atoms. The number of hydrogen-bond donors (Lipinski definition) is 1. The van der Waals surface area contributed by atoms with Crippen molar-refractivity contribution in [3.05, 3.63) is 47.4 Å². The Morgan fingerprint density at radius 1 is 1.32 bits per heavy atom. The third kappa shape index (κ3) is 3.61. The summed E-state index contributed by atoms with van der Waals surface area (Å²) in [5.41, 5.74) is 0.826. The first kappa shape index (κ1) is 13.7. The van der Waals surface area contributed by atoms with Crippen molar-refractivity contribution in [1.82, 2.24) is 15.5 Å². The van der Waals surface area contributed by atoms with Gasteiger partial charge in [0, 0.05) is 0 Å². The summed E-state index contributed by atoms with van der Waals surface area (Å²) in [6.45, 7) is 4.94. The van der Waals surface area contributed by atoms with Gasteiger partial charge in [-0.1, -0.05) is 26.0 Å². The van der Waals surface area contributed by atoms with E-state index in [2.05, 4.69) is 22.4 Å². The third-order valence-electron chi connectivity index (χ3n) is 2.88. The van der Waals surface area contributed by atoms with Crippen molar-refractivity contribution in [2.75, 3.05) is 6.54 Å².